The van der Waals surface area contributed by atoms with Gasteiger partial charge in [-0.1, -0.05) is 19.1 Å². The molecule has 1 aromatic carbocycles. The van der Waals surface area contributed by atoms with Crippen LogP contribution < -0.4 is 5.73 Å². The van der Waals surface area contributed by atoms with Crippen molar-refractivity contribution in [1.29, 1.82) is 0 Å². The summed E-state index contributed by atoms with van der Waals surface area (Å²) < 4.78 is 22.5. The van der Waals surface area contributed by atoms with E-state index in [9.17, 15) is 8.42 Å². The van der Waals surface area contributed by atoms with Crippen molar-refractivity contribution in [3.05, 3.63) is 24.3 Å². The first-order chi connectivity index (χ1) is 7.55. The van der Waals surface area contributed by atoms with Crippen molar-refractivity contribution < 1.29 is 8.42 Å². The fourth-order valence-electron chi connectivity index (χ4n) is 1.22. The highest BCUT2D eigenvalue weighted by Crippen LogP contribution is 2.24. The van der Waals surface area contributed by atoms with E-state index in [1.54, 1.807) is 18.7 Å². The van der Waals surface area contributed by atoms with Gasteiger partial charge >= 0.3 is 0 Å². The second-order valence-corrected chi connectivity index (χ2v) is 7.09. The summed E-state index contributed by atoms with van der Waals surface area (Å²) in [4.78, 5) is 1.02. The number of hydrogen-bond acceptors (Lipinski definition) is 4. The minimum atomic E-state index is -2.83. The van der Waals surface area contributed by atoms with Crippen molar-refractivity contribution in [2.75, 3.05) is 23.0 Å². The third-order valence-corrected chi connectivity index (χ3v) is 5.18. The first-order valence-electron chi connectivity index (χ1n) is 5.23. The first kappa shape index (κ1) is 13.4. The van der Waals surface area contributed by atoms with Crippen LogP contribution in [0.15, 0.2) is 29.2 Å². The molecule has 0 saturated carbocycles. The van der Waals surface area contributed by atoms with E-state index in [2.05, 4.69) is 0 Å². The maximum Gasteiger partial charge on any atom is 0.150 e. The van der Waals surface area contributed by atoms with E-state index < -0.39 is 9.84 Å². The maximum atomic E-state index is 11.2. The Hall–Kier alpha value is -0.680. The second kappa shape index (κ2) is 6.15. The Kier molecular flexibility index (Phi) is 5.15. The average Bonchev–Trinajstić information content (AvgIpc) is 2.27. The standard InChI is InChI=1S/C11H17NO2S2/c1-2-16(13,14)9-5-8-15-11-7-4-3-6-10(11)12/h3-4,6-7H,2,5,8-9,12H2,1H3. The third-order valence-electron chi connectivity index (χ3n) is 2.22. The van der Waals surface area contributed by atoms with Crippen molar-refractivity contribution >= 4 is 27.3 Å². The number of rotatable bonds is 6. The lowest BCUT2D eigenvalue weighted by atomic mass is 10.3. The lowest BCUT2D eigenvalue weighted by Gasteiger charge is -2.04. The van der Waals surface area contributed by atoms with Crippen molar-refractivity contribution in [1.82, 2.24) is 0 Å². The van der Waals surface area contributed by atoms with E-state index in [0.717, 1.165) is 16.3 Å². The summed E-state index contributed by atoms with van der Waals surface area (Å²) >= 11 is 1.61. The predicted octanol–water partition coefficient (Wildman–Crippen LogP) is 2.19. The summed E-state index contributed by atoms with van der Waals surface area (Å²) in [5.74, 6) is 1.28. The van der Waals surface area contributed by atoms with Crippen LogP contribution in [0.2, 0.25) is 0 Å². The molecule has 0 aliphatic rings. The highest BCUT2D eigenvalue weighted by Gasteiger charge is 2.06. The molecule has 1 rings (SSSR count). The summed E-state index contributed by atoms with van der Waals surface area (Å²) in [6.07, 6.45) is 0.676. The molecule has 0 aliphatic carbocycles. The number of sulfone groups is 1. The van der Waals surface area contributed by atoms with Gasteiger partial charge in [0.25, 0.3) is 0 Å². The van der Waals surface area contributed by atoms with Crippen molar-refractivity contribution in [3.8, 4) is 0 Å². The maximum absolute atomic E-state index is 11.2. The molecular formula is C11H17NO2S2. The average molecular weight is 259 g/mol. The van der Waals surface area contributed by atoms with Crippen LogP contribution in [0.5, 0.6) is 0 Å². The van der Waals surface area contributed by atoms with Crippen LogP contribution in [-0.2, 0) is 9.84 Å². The van der Waals surface area contributed by atoms with Crippen LogP contribution in [0.3, 0.4) is 0 Å². The number of anilines is 1. The molecule has 1 aromatic rings. The van der Waals surface area contributed by atoms with Gasteiger partial charge in [-0.05, 0) is 24.3 Å². The molecule has 0 heterocycles. The molecule has 0 atom stereocenters. The van der Waals surface area contributed by atoms with E-state index in [1.807, 2.05) is 24.3 Å². The Labute approximate surface area is 101 Å². The number of hydrogen-bond donors (Lipinski definition) is 1. The van der Waals surface area contributed by atoms with E-state index in [4.69, 9.17) is 5.73 Å². The van der Waals surface area contributed by atoms with Gasteiger partial charge in [-0.3, -0.25) is 0 Å². The Balaban J connectivity index is 2.35. The summed E-state index contributed by atoms with van der Waals surface area (Å²) in [6, 6.07) is 7.63. The number of thioether (sulfide) groups is 1. The number of para-hydroxylation sites is 1. The molecule has 0 radical (unpaired) electrons. The Bertz CT molecular complexity index is 429. The summed E-state index contributed by atoms with van der Waals surface area (Å²) in [5.41, 5.74) is 6.53. The molecule has 5 heteroatoms. The van der Waals surface area contributed by atoms with Gasteiger partial charge in [0, 0.05) is 16.3 Å². The van der Waals surface area contributed by atoms with Crippen LogP contribution in [0, 0.1) is 0 Å². The molecule has 2 N–H and O–H groups in total. The zero-order chi connectivity index (χ0) is 12.0. The summed E-state index contributed by atoms with van der Waals surface area (Å²) in [7, 11) is -2.83. The topological polar surface area (TPSA) is 60.2 Å². The number of benzene rings is 1. The summed E-state index contributed by atoms with van der Waals surface area (Å²) in [5, 5.41) is 0. The minimum absolute atomic E-state index is 0.227. The van der Waals surface area contributed by atoms with Gasteiger partial charge in [-0.2, -0.15) is 0 Å². The predicted molar refractivity (Wildman–Crippen MR) is 70.5 cm³/mol. The highest BCUT2D eigenvalue weighted by atomic mass is 32.2. The number of nitrogen functional groups attached to an aromatic ring is 1. The molecule has 90 valence electrons. The largest absolute Gasteiger partial charge is 0.398 e. The molecule has 0 unspecified atom stereocenters. The molecule has 0 amide bonds. The molecular weight excluding hydrogens is 242 g/mol. The quantitative estimate of drug-likeness (QED) is 0.483. The van der Waals surface area contributed by atoms with Gasteiger partial charge in [0.15, 0.2) is 0 Å². The fraction of sp³-hybridized carbons (Fsp3) is 0.455. The molecule has 0 bridgehead atoms. The van der Waals surface area contributed by atoms with Crippen molar-refractivity contribution in [3.63, 3.8) is 0 Å². The zero-order valence-corrected chi connectivity index (χ0v) is 11.0. The Morgan fingerprint density at radius 3 is 2.62 bits per heavy atom. The number of nitrogens with two attached hydrogens (primary N) is 1. The van der Waals surface area contributed by atoms with Crippen molar-refractivity contribution in [2.45, 2.75) is 18.2 Å². The molecule has 16 heavy (non-hydrogen) atoms. The normalized spacial score (nSPS) is 11.6. The smallest absolute Gasteiger partial charge is 0.150 e. The molecule has 0 fully saturated rings. The van der Waals surface area contributed by atoms with Gasteiger partial charge in [-0.25, -0.2) is 8.42 Å². The Morgan fingerprint density at radius 1 is 1.31 bits per heavy atom. The van der Waals surface area contributed by atoms with E-state index in [-0.39, 0.29) is 11.5 Å². The zero-order valence-electron chi connectivity index (χ0n) is 9.35. The molecule has 0 saturated heterocycles. The van der Waals surface area contributed by atoms with E-state index in [0.29, 0.717) is 6.42 Å². The Morgan fingerprint density at radius 2 is 2.00 bits per heavy atom. The molecule has 0 spiro atoms. The van der Waals surface area contributed by atoms with E-state index in [1.165, 1.54) is 0 Å². The van der Waals surface area contributed by atoms with Crippen LogP contribution in [0.4, 0.5) is 5.69 Å². The van der Waals surface area contributed by atoms with Crippen LogP contribution in [-0.4, -0.2) is 25.7 Å². The first-order valence-corrected chi connectivity index (χ1v) is 8.03. The van der Waals surface area contributed by atoms with Gasteiger partial charge < -0.3 is 5.73 Å². The third kappa shape index (κ3) is 4.45. The van der Waals surface area contributed by atoms with Gasteiger partial charge in [0.1, 0.15) is 9.84 Å². The summed E-state index contributed by atoms with van der Waals surface area (Å²) in [6.45, 7) is 1.68. The van der Waals surface area contributed by atoms with E-state index >= 15 is 0 Å². The van der Waals surface area contributed by atoms with Gasteiger partial charge in [-0.15, -0.1) is 11.8 Å². The minimum Gasteiger partial charge on any atom is -0.398 e. The lowest BCUT2D eigenvalue weighted by molar-refractivity contribution is 0.596. The van der Waals surface area contributed by atoms with Crippen LogP contribution >= 0.6 is 11.8 Å². The van der Waals surface area contributed by atoms with Crippen molar-refractivity contribution in [2.24, 2.45) is 0 Å². The van der Waals surface area contributed by atoms with Gasteiger partial charge in [0.2, 0.25) is 0 Å². The highest BCUT2D eigenvalue weighted by molar-refractivity contribution is 7.99. The molecule has 3 nitrogen and oxygen atoms in total. The second-order valence-electron chi connectivity index (χ2n) is 3.48. The monoisotopic (exact) mass is 259 g/mol. The SMILES string of the molecule is CCS(=O)(=O)CCCSc1ccccc1N. The molecule has 0 aliphatic heterocycles. The lowest BCUT2D eigenvalue weighted by Crippen LogP contribution is -2.09. The van der Waals surface area contributed by atoms with Crippen LogP contribution in [0.25, 0.3) is 0 Å². The fourth-order valence-corrected chi connectivity index (χ4v) is 3.19. The van der Waals surface area contributed by atoms with Gasteiger partial charge in [0.05, 0.1) is 5.75 Å². The van der Waals surface area contributed by atoms with Crippen LogP contribution in [0.1, 0.15) is 13.3 Å². The molecule has 0 aromatic heterocycles.